The summed E-state index contributed by atoms with van der Waals surface area (Å²) in [7, 11) is -2.36. The zero-order valence-electron chi connectivity index (χ0n) is 15.4. The molecule has 9 heteroatoms. The van der Waals surface area contributed by atoms with Gasteiger partial charge >= 0.3 is 5.97 Å². The first-order valence-electron chi connectivity index (χ1n) is 8.96. The van der Waals surface area contributed by atoms with E-state index in [1.165, 1.54) is 34.5 Å². The summed E-state index contributed by atoms with van der Waals surface area (Å²) in [6.07, 6.45) is 1.62. The summed E-state index contributed by atoms with van der Waals surface area (Å²) in [4.78, 5) is 25.6. The quantitative estimate of drug-likeness (QED) is 0.804. The van der Waals surface area contributed by atoms with Crippen LogP contribution in [-0.4, -0.2) is 67.9 Å². The Morgan fingerprint density at radius 2 is 1.85 bits per heavy atom. The molecule has 0 saturated carbocycles. The van der Waals surface area contributed by atoms with Crippen molar-refractivity contribution in [2.24, 2.45) is 11.8 Å². The number of carbonyl (C=O) groups excluding carboxylic acids is 1. The van der Waals surface area contributed by atoms with E-state index in [0.717, 1.165) is 12.8 Å². The van der Waals surface area contributed by atoms with Crippen LogP contribution in [0, 0.1) is 11.8 Å². The molecular formula is C18H24N2O6S. The summed E-state index contributed by atoms with van der Waals surface area (Å²) in [6.45, 7) is 3.15. The lowest BCUT2D eigenvalue weighted by Crippen LogP contribution is -2.31. The van der Waals surface area contributed by atoms with Crippen LogP contribution in [0.1, 0.15) is 30.1 Å². The minimum Gasteiger partial charge on any atom is -0.495 e. The lowest BCUT2D eigenvalue weighted by atomic mass is 9.99. The minimum absolute atomic E-state index is 0.0280. The topological polar surface area (TPSA) is 104 Å². The van der Waals surface area contributed by atoms with E-state index in [-0.39, 0.29) is 34.6 Å². The van der Waals surface area contributed by atoms with E-state index in [1.54, 1.807) is 6.92 Å². The molecular weight excluding hydrogens is 372 g/mol. The van der Waals surface area contributed by atoms with Crippen molar-refractivity contribution in [1.82, 2.24) is 9.21 Å². The van der Waals surface area contributed by atoms with Crippen LogP contribution in [0.4, 0.5) is 0 Å². The van der Waals surface area contributed by atoms with Crippen molar-refractivity contribution in [3.05, 3.63) is 23.8 Å². The largest absolute Gasteiger partial charge is 0.495 e. The normalized spacial score (nSPS) is 23.6. The molecule has 0 radical (unpaired) electrons. The summed E-state index contributed by atoms with van der Waals surface area (Å²) in [5, 5.41) is 9.25. The Kier molecular flexibility index (Phi) is 5.43. The number of methoxy groups -OCH3 is 1. The molecule has 3 rings (SSSR count). The summed E-state index contributed by atoms with van der Waals surface area (Å²) in [6, 6.07) is 4.33. The van der Waals surface area contributed by atoms with Gasteiger partial charge in [0.05, 0.1) is 13.0 Å². The van der Waals surface area contributed by atoms with E-state index in [2.05, 4.69) is 0 Å². The summed E-state index contributed by atoms with van der Waals surface area (Å²) >= 11 is 0. The predicted molar refractivity (Wildman–Crippen MR) is 97.2 cm³/mol. The molecule has 0 bridgehead atoms. The van der Waals surface area contributed by atoms with Crippen LogP contribution >= 0.6 is 0 Å². The third-order valence-corrected chi connectivity index (χ3v) is 7.23. The van der Waals surface area contributed by atoms with Crippen molar-refractivity contribution in [3.8, 4) is 5.75 Å². The van der Waals surface area contributed by atoms with Gasteiger partial charge in [0.25, 0.3) is 5.91 Å². The van der Waals surface area contributed by atoms with Crippen molar-refractivity contribution in [3.63, 3.8) is 0 Å². The molecule has 1 N–H and O–H groups in total. The number of sulfonamides is 1. The van der Waals surface area contributed by atoms with E-state index in [0.29, 0.717) is 19.6 Å². The highest BCUT2D eigenvalue weighted by Crippen LogP contribution is 2.31. The van der Waals surface area contributed by atoms with Crippen molar-refractivity contribution in [2.75, 3.05) is 33.3 Å². The number of hydrogen-bond acceptors (Lipinski definition) is 5. The summed E-state index contributed by atoms with van der Waals surface area (Å²) in [5.41, 5.74) is 0.215. The van der Waals surface area contributed by atoms with Crippen molar-refractivity contribution in [1.29, 1.82) is 0 Å². The summed E-state index contributed by atoms with van der Waals surface area (Å²) in [5.74, 6) is -1.87. The van der Waals surface area contributed by atoms with Gasteiger partial charge in [-0.25, -0.2) is 8.42 Å². The maximum atomic E-state index is 12.9. The molecule has 0 spiro atoms. The Morgan fingerprint density at radius 3 is 2.41 bits per heavy atom. The average molecular weight is 396 g/mol. The predicted octanol–water partition coefficient (Wildman–Crippen LogP) is 1.27. The Balaban J connectivity index is 1.91. The number of nitrogens with zero attached hydrogens (tertiary/aromatic N) is 2. The van der Waals surface area contributed by atoms with Gasteiger partial charge in [0.15, 0.2) is 0 Å². The smallest absolute Gasteiger partial charge is 0.308 e. The molecule has 1 aromatic rings. The average Bonchev–Trinajstić information content (AvgIpc) is 3.30. The second-order valence-electron chi connectivity index (χ2n) is 7.11. The van der Waals surface area contributed by atoms with Gasteiger partial charge in [-0.1, -0.05) is 6.92 Å². The Labute approximate surface area is 158 Å². The fourth-order valence-electron chi connectivity index (χ4n) is 3.72. The first-order chi connectivity index (χ1) is 12.8. The van der Waals surface area contributed by atoms with Gasteiger partial charge in [-0.2, -0.15) is 4.31 Å². The molecule has 0 unspecified atom stereocenters. The third-order valence-electron chi connectivity index (χ3n) is 5.31. The maximum Gasteiger partial charge on any atom is 0.308 e. The lowest BCUT2D eigenvalue weighted by molar-refractivity contribution is -0.142. The number of carbonyl (C=O) groups is 2. The number of likely N-dealkylation sites (tertiary alicyclic amines) is 1. The molecule has 1 aromatic carbocycles. The number of benzene rings is 1. The molecule has 8 nitrogen and oxygen atoms in total. The number of amides is 1. The molecule has 0 aromatic heterocycles. The monoisotopic (exact) mass is 396 g/mol. The van der Waals surface area contributed by atoms with Crippen LogP contribution < -0.4 is 4.74 Å². The van der Waals surface area contributed by atoms with Gasteiger partial charge < -0.3 is 14.7 Å². The van der Waals surface area contributed by atoms with Crippen LogP contribution in [0.15, 0.2) is 23.1 Å². The molecule has 27 heavy (non-hydrogen) atoms. The number of hydrogen-bond donors (Lipinski definition) is 1. The van der Waals surface area contributed by atoms with Crippen molar-refractivity contribution < 1.29 is 27.9 Å². The maximum absolute atomic E-state index is 12.9. The highest BCUT2D eigenvalue weighted by atomic mass is 32.2. The highest BCUT2D eigenvalue weighted by molar-refractivity contribution is 7.89. The van der Waals surface area contributed by atoms with Gasteiger partial charge in [-0.05, 0) is 37.0 Å². The zero-order chi connectivity index (χ0) is 19.8. The van der Waals surface area contributed by atoms with E-state index in [1.807, 2.05) is 0 Å². The van der Waals surface area contributed by atoms with Crippen molar-refractivity contribution >= 4 is 21.9 Å². The Morgan fingerprint density at radius 1 is 1.19 bits per heavy atom. The standard InChI is InChI=1S/C18H24N2O6S/c1-12-10-19(11-14(12)18(22)23)17(21)13-5-6-15(26-2)16(9-13)27(24,25)20-7-3-4-8-20/h5-6,9,12,14H,3-4,7-8,10-11H2,1-2H3,(H,22,23)/t12-,14-/m1/s1. The first-order valence-corrected chi connectivity index (χ1v) is 10.4. The van der Waals surface area contributed by atoms with Gasteiger partial charge in [0.1, 0.15) is 10.6 Å². The molecule has 2 aliphatic rings. The van der Waals surface area contributed by atoms with E-state index < -0.39 is 21.9 Å². The molecule has 2 heterocycles. The SMILES string of the molecule is COc1ccc(C(=O)N2C[C@@H](C)[C@H](C(=O)O)C2)cc1S(=O)(=O)N1CCCC1. The molecule has 1 amide bonds. The molecule has 2 fully saturated rings. The highest BCUT2D eigenvalue weighted by Gasteiger charge is 2.38. The van der Waals surface area contributed by atoms with Gasteiger partial charge in [0.2, 0.25) is 10.0 Å². The Hall–Kier alpha value is -2.13. The molecule has 2 saturated heterocycles. The Bertz CT molecular complexity index is 847. The molecule has 148 valence electrons. The lowest BCUT2D eigenvalue weighted by Gasteiger charge is -2.20. The van der Waals surface area contributed by atoms with E-state index in [4.69, 9.17) is 4.74 Å². The molecule has 0 aliphatic carbocycles. The first kappa shape index (κ1) is 19.6. The van der Waals surface area contributed by atoms with Gasteiger partial charge in [0, 0.05) is 31.7 Å². The number of ether oxygens (including phenoxy) is 1. The fourth-order valence-corrected chi connectivity index (χ4v) is 5.41. The van der Waals surface area contributed by atoms with Gasteiger partial charge in [-0.15, -0.1) is 0 Å². The van der Waals surface area contributed by atoms with Crippen molar-refractivity contribution in [2.45, 2.75) is 24.7 Å². The van der Waals surface area contributed by atoms with Crippen LogP contribution in [0.5, 0.6) is 5.75 Å². The molecule has 2 aliphatic heterocycles. The number of aliphatic carboxylic acids is 1. The van der Waals surface area contributed by atoms with E-state index >= 15 is 0 Å². The zero-order valence-corrected chi connectivity index (χ0v) is 16.2. The van der Waals surface area contributed by atoms with Crippen LogP contribution in [0.25, 0.3) is 0 Å². The van der Waals surface area contributed by atoms with Gasteiger partial charge in [-0.3, -0.25) is 9.59 Å². The second kappa shape index (κ2) is 7.47. The summed E-state index contributed by atoms with van der Waals surface area (Å²) < 4.78 is 32.5. The van der Waals surface area contributed by atoms with Crippen LogP contribution in [0.2, 0.25) is 0 Å². The second-order valence-corrected chi connectivity index (χ2v) is 9.02. The fraction of sp³-hybridized carbons (Fsp3) is 0.556. The van der Waals surface area contributed by atoms with E-state index in [9.17, 15) is 23.1 Å². The van der Waals surface area contributed by atoms with Crippen LogP contribution in [0.3, 0.4) is 0 Å². The number of carboxylic acid groups (broad SMARTS) is 1. The van der Waals surface area contributed by atoms with Crippen LogP contribution in [-0.2, 0) is 14.8 Å². The number of carboxylic acids is 1. The minimum atomic E-state index is -3.75. The molecule has 2 atom stereocenters. The number of rotatable bonds is 5. The third kappa shape index (κ3) is 3.66.